The van der Waals surface area contributed by atoms with Crippen LogP contribution in [0.25, 0.3) is 0 Å². The second kappa shape index (κ2) is 4.71. The van der Waals surface area contributed by atoms with Gasteiger partial charge in [0.1, 0.15) is 5.78 Å². The van der Waals surface area contributed by atoms with E-state index >= 15 is 0 Å². The summed E-state index contributed by atoms with van der Waals surface area (Å²) in [6, 6.07) is 5.52. The minimum atomic E-state index is -0.582. The van der Waals surface area contributed by atoms with E-state index < -0.39 is 16.8 Å². The summed E-state index contributed by atoms with van der Waals surface area (Å²) in [6.07, 6.45) is 1.82. The summed E-state index contributed by atoms with van der Waals surface area (Å²) in [7, 11) is 0. The van der Waals surface area contributed by atoms with Crippen LogP contribution in [0, 0.1) is 33.8 Å². The SMILES string of the molecule is O=C1C[C@H]2CC[C@@H]1[C@H]1C(=O)N(c3cccc([N+](=O)[O-])c3)C(=O)[C@@H]21. The van der Waals surface area contributed by atoms with Crippen molar-refractivity contribution in [1.29, 1.82) is 0 Å². The molecule has 7 heteroatoms. The maximum absolute atomic E-state index is 12.8. The van der Waals surface area contributed by atoms with E-state index in [0.29, 0.717) is 12.8 Å². The molecule has 1 aromatic carbocycles. The normalized spacial score (nSPS) is 32.3. The number of Topliss-reactive ketones (excluding diaryl/α,β-unsaturated/α-hetero) is 1. The number of hydrogen-bond acceptors (Lipinski definition) is 5. The number of anilines is 1. The molecule has 3 aliphatic carbocycles. The fourth-order valence-electron chi connectivity index (χ4n) is 4.38. The number of nitro benzene ring substituents is 1. The van der Waals surface area contributed by atoms with Gasteiger partial charge in [0.25, 0.3) is 5.69 Å². The number of ketones is 1. The number of fused-ring (bicyclic) bond motifs is 2. The summed E-state index contributed by atoms with van der Waals surface area (Å²) in [6.45, 7) is 0. The second-order valence-corrected chi connectivity index (χ2v) is 6.45. The Morgan fingerprint density at radius 2 is 1.83 bits per heavy atom. The summed E-state index contributed by atoms with van der Waals surface area (Å²) in [5.74, 6) is -2.10. The number of rotatable bonds is 2. The number of non-ortho nitro benzene ring substituents is 1. The van der Waals surface area contributed by atoms with Crippen LogP contribution in [-0.4, -0.2) is 22.5 Å². The van der Waals surface area contributed by atoms with Crippen molar-refractivity contribution in [3.05, 3.63) is 34.4 Å². The number of hydrogen-bond donors (Lipinski definition) is 0. The predicted octanol–water partition coefficient (Wildman–Crippen LogP) is 1.70. The Kier molecular flexibility index (Phi) is 2.88. The molecule has 0 unspecified atom stereocenters. The maximum Gasteiger partial charge on any atom is 0.271 e. The molecule has 4 fully saturated rings. The highest BCUT2D eigenvalue weighted by Crippen LogP contribution is 2.52. The molecule has 2 amide bonds. The van der Waals surface area contributed by atoms with Gasteiger partial charge >= 0.3 is 0 Å². The highest BCUT2D eigenvalue weighted by atomic mass is 16.6. The Morgan fingerprint density at radius 1 is 1.09 bits per heavy atom. The van der Waals surface area contributed by atoms with Crippen molar-refractivity contribution < 1.29 is 19.3 Å². The number of carbonyl (C=O) groups is 3. The molecular formula is C16H14N2O5. The summed E-state index contributed by atoms with van der Waals surface area (Å²) in [4.78, 5) is 49.0. The third-order valence-electron chi connectivity index (χ3n) is 5.36. The summed E-state index contributed by atoms with van der Waals surface area (Å²) in [5, 5.41) is 10.9. The molecule has 0 spiro atoms. The van der Waals surface area contributed by atoms with Crippen molar-refractivity contribution in [2.75, 3.05) is 4.90 Å². The molecule has 2 bridgehead atoms. The Hall–Kier alpha value is -2.57. The van der Waals surface area contributed by atoms with Crippen LogP contribution < -0.4 is 4.90 Å². The summed E-state index contributed by atoms with van der Waals surface area (Å²) < 4.78 is 0. The number of carbonyl (C=O) groups excluding carboxylic acids is 3. The van der Waals surface area contributed by atoms with E-state index in [1.165, 1.54) is 24.3 Å². The van der Waals surface area contributed by atoms with E-state index in [1.807, 2.05) is 0 Å². The van der Waals surface area contributed by atoms with Gasteiger partial charge in [-0.05, 0) is 24.8 Å². The van der Waals surface area contributed by atoms with Gasteiger partial charge in [-0.25, -0.2) is 4.90 Å². The van der Waals surface area contributed by atoms with Gasteiger partial charge in [-0.2, -0.15) is 0 Å². The van der Waals surface area contributed by atoms with E-state index in [4.69, 9.17) is 0 Å². The van der Waals surface area contributed by atoms with E-state index in [9.17, 15) is 24.5 Å². The molecule has 5 rings (SSSR count). The van der Waals surface area contributed by atoms with E-state index in [1.54, 1.807) is 0 Å². The van der Waals surface area contributed by atoms with Crippen LogP contribution in [-0.2, 0) is 14.4 Å². The lowest BCUT2D eigenvalue weighted by atomic mass is 9.59. The molecule has 1 saturated heterocycles. The quantitative estimate of drug-likeness (QED) is 0.470. The van der Waals surface area contributed by atoms with Gasteiger partial charge in [-0.15, -0.1) is 0 Å². The van der Waals surface area contributed by atoms with Crippen LogP contribution in [0.4, 0.5) is 11.4 Å². The lowest BCUT2D eigenvalue weighted by Gasteiger charge is -2.41. The Labute approximate surface area is 131 Å². The molecule has 4 atom stereocenters. The molecule has 0 radical (unpaired) electrons. The van der Waals surface area contributed by atoms with Gasteiger partial charge in [0.15, 0.2) is 0 Å². The minimum Gasteiger partial charge on any atom is -0.299 e. The average Bonchev–Trinajstić information content (AvgIpc) is 2.81. The second-order valence-electron chi connectivity index (χ2n) is 6.45. The molecule has 4 aliphatic rings. The number of amides is 2. The lowest BCUT2D eigenvalue weighted by Crippen LogP contribution is -2.46. The van der Waals surface area contributed by atoms with E-state index in [0.717, 1.165) is 11.3 Å². The molecule has 118 valence electrons. The smallest absolute Gasteiger partial charge is 0.271 e. The maximum atomic E-state index is 12.8. The van der Waals surface area contributed by atoms with Gasteiger partial charge in [0.05, 0.1) is 22.4 Å². The molecule has 1 aliphatic heterocycles. The van der Waals surface area contributed by atoms with Crippen molar-refractivity contribution in [3.8, 4) is 0 Å². The number of nitrogens with zero attached hydrogens (tertiary/aromatic N) is 2. The molecule has 1 aromatic rings. The Bertz CT molecular complexity index is 759. The van der Waals surface area contributed by atoms with Crippen molar-refractivity contribution in [2.45, 2.75) is 19.3 Å². The number of nitro groups is 1. The van der Waals surface area contributed by atoms with Crippen LogP contribution in [0.5, 0.6) is 0 Å². The monoisotopic (exact) mass is 314 g/mol. The van der Waals surface area contributed by atoms with Crippen LogP contribution in [0.1, 0.15) is 19.3 Å². The van der Waals surface area contributed by atoms with Crippen LogP contribution >= 0.6 is 0 Å². The standard InChI is InChI=1S/C16H14N2O5/c19-12-6-8-4-5-11(12)14-13(8)15(20)17(16(14)21)9-2-1-3-10(7-9)18(22)23/h1-3,7-8,11,13-14H,4-6H2/t8-,11+,13+,14-/m1/s1. The van der Waals surface area contributed by atoms with Gasteiger partial charge in [-0.1, -0.05) is 6.07 Å². The van der Waals surface area contributed by atoms with Gasteiger partial charge < -0.3 is 0 Å². The minimum absolute atomic E-state index is 0.0716. The predicted molar refractivity (Wildman–Crippen MR) is 78.4 cm³/mol. The summed E-state index contributed by atoms with van der Waals surface area (Å²) >= 11 is 0. The molecule has 23 heavy (non-hydrogen) atoms. The first-order chi connectivity index (χ1) is 11.0. The molecule has 3 saturated carbocycles. The third-order valence-corrected chi connectivity index (χ3v) is 5.36. The highest BCUT2D eigenvalue weighted by Gasteiger charge is 2.61. The highest BCUT2D eigenvalue weighted by molar-refractivity contribution is 6.23. The van der Waals surface area contributed by atoms with Crippen LogP contribution in [0.2, 0.25) is 0 Å². The molecule has 7 nitrogen and oxygen atoms in total. The molecular weight excluding hydrogens is 300 g/mol. The molecule has 1 heterocycles. The zero-order chi connectivity index (χ0) is 16.3. The summed E-state index contributed by atoms with van der Waals surface area (Å²) in [5.41, 5.74) is 0.0486. The van der Waals surface area contributed by atoms with Gasteiger partial charge in [-0.3, -0.25) is 24.5 Å². The van der Waals surface area contributed by atoms with Crippen molar-refractivity contribution in [1.82, 2.24) is 0 Å². The van der Waals surface area contributed by atoms with Crippen LogP contribution in [0.15, 0.2) is 24.3 Å². The topological polar surface area (TPSA) is 97.6 Å². The molecule has 0 aromatic heterocycles. The first-order valence-corrected chi connectivity index (χ1v) is 7.64. The van der Waals surface area contributed by atoms with Gasteiger partial charge in [0.2, 0.25) is 11.8 Å². The Balaban J connectivity index is 1.75. The molecule has 0 N–H and O–H groups in total. The van der Waals surface area contributed by atoms with Crippen LogP contribution in [0.3, 0.4) is 0 Å². The Morgan fingerprint density at radius 3 is 2.52 bits per heavy atom. The van der Waals surface area contributed by atoms with Crippen molar-refractivity contribution in [3.63, 3.8) is 0 Å². The number of benzene rings is 1. The van der Waals surface area contributed by atoms with Crippen molar-refractivity contribution in [2.24, 2.45) is 23.7 Å². The lowest BCUT2D eigenvalue weighted by molar-refractivity contribution is -0.384. The first kappa shape index (κ1) is 14.0. The van der Waals surface area contributed by atoms with E-state index in [2.05, 4.69) is 0 Å². The fourth-order valence-corrected chi connectivity index (χ4v) is 4.38. The number of imide groups is 1. The zero-order valence-electron chi connectivity index (χ0n) is 12.2. The van der Waals surface area contributed by atoms with Crippen molar-refractivity contribution >= 4 is 29.0 Å². The zero-order valence-corrected chi connectivity index (χ0v) is 12.2. The van der Waals surface area contributed by atoms with Gasteiger partial charge in [0, 0.05) is 24.5 Å². The van der Waals surface area contributed by atoms with E-state index in [-0.39, 0.29) is 40.8 Å². The third kappa shape index (κ3) is 1.85. The first-order valence-electron chi connectivity index (χ1n) is 7.64. The average molecular weight is 314 g/mol. The largest absolute Gasteiger partial charge is 0.299 e. The fraction of sp³-hybridized carbons (Fsp3) is 0.438.